The Kier molecular flexibility index (Phi) is 7.25. The van der Waals surface area contributed by atoms with Gasteiger partial charge in [-0.15, -0.1) is 0 Å². The van der Waals surface area contributed by atoms with Crippen molar-refractivity contribution < 1.29 is 13.2 Å². The molecule has 1 aromatic carbocycles. The van der Waals surface area contributed by atoms with Crippen LogP contribution in [0.2, 0.25) is 5.02 Å². The number of benzene rings is 1. The van der Waals surface area contributed by atoms with E-state index < -0.39 is 10.0 Å². The van der Waals surface area contributed by atoms with Gasteiger partial charge in [-0.1, -0.05) is 17.7 Å². The highest BCUT2D eigenvalue weighted by molar-refractivity contribution is 7.89. The van der Waals surface area contributed by atoms with Crippen LogP contribution in [0.4, 0.5) is 0 Å². The molecule has 1 aliphatic heterocycles. The van der Waals surface area contributed by atoms with Crippen LogP contribution in [0.1, 0.15) is 23.2 Å². The minimum Gasteiger partial charge on any atom is -0.352 e. The molecule has 1 aliphatic rings. The molecule has 1 heterocycles. The van der Waals surface area contributed by atoms with Crippen LogP contribution in [0.15, 0.2) is 24.3 Å². The van der Waals surface area contributed by atoms with Gasteiger partial charge in [-0.3, -0.25) is 4.79 Å². The number of hydrogen-bond donors (Lipinski definition) is 1. The standard InChI is InChI=1S/C17H26ClN3O3S/c1-20(2)25(23,24)11-10-21-8-6-14(7-9-21)13-19-17(22)15-4-3-5-16(18)12-15/h3-5,12,14H,6-11,13H2,1-2H3,(H,19,22). The Labute approximate surface area is 155 Å². The molecule has 0 bridgehead atoms. The Morgan fingerprint density at radius 1 is 1.32 bits per heavy atom. The zero-order chi connectivity index (χ0) is 18.4. The highest BCUT2D eigenvalue weighted by Gasteiger charge is 2.22. The van der Waals surface area contributed by atoms with Crippen molar-refractivity contribution >= 4 is 27.5 Å². The van der Waals surface area contributed by atoms with E-state index in [1.807, 2.05) is 0 Å². The van der Waals surface area contributed by atoms with Crippen LogP contribution >= 0.6 is 11.6 Å². The smallest absolute Gasteiger partial charge is 0.251 e. The van der Waals surface area contributed by atoms with Crippen LogP contribution in [0.25, 0.3) is 0 Å². The Bertz CT molecular complexity index is 686. The lowest BCUT2D eigenvalue weighted by Crippen LogP contribution is -2.41. The van der Waals surface area contributed by atoms with E-state index in [1.54, 1.807) is 38.4 Å². The van der Waals surface area contributed by atoms with Gasteiger partial charge in [0, 0.05) is 37.8 Å². The summed E-state index contributed by atoms with van der Waals surface area (Å²) >= 11 is 5.90. The molecule has 1 aromatic rings. The van der Waals surface area contributed by atoms with Gasteiger partial charge < -0.3 is 10.2 Å². The van der Waals surface area contributed by atoms with E-state index in [0.717, 1.165) is 25.9 Å². The molecule has 25 heavy (non-hydrogen) atoms. The van der Waals surface area contributed by atoms with Gasteiger partial charge in [0.15, 0.2) is 0 Å². The Morgan fingerprint density at radius 3 is 2.60 bits per heavy atom. The highest BCUT2D eigenvalue weighted by Crippen LogP contribution is 2.17. The first-order chi connectivity index (χ1) is 11.8. The molecule has 0 unspecified atom stereocenters. The van der Waals surface area contributed by atoms with E-state index in [1.165, 1.54) is 4.31 Å². The van der Waals surface area contributed by atoms with Crippen LogP contribution in [0, 0.1) is 5.92 Å². The highest BCUT2D eigenvalue weighted by atomic mass is 35.5. The second kappa shape index (κ2) is 8.98. The number of amides is 1. The first kappa shape index (κ1) is 20.2. The first-order valence-electron chi connectivity index (χ1n) is 8.44. The van der Waals surface area contributed by atoms with Crippen molar-refractivity contribution in [1.82, 2.24) is 14.5 Å². The second-order valence-corrected chi connectivity index (χ2v) is 9.34. The predicted octanol–water partition coefficient (Wildman–Crippen LogP) is 1.67. The van der Waals surface area contributed by atoms with Crippen molar-refractivity contribution in [1.29, 1.82) is 0 Å². The molecule has 0 spiro atoms. The zero-order valence-electron chi connectivity index (χ0n) is 14.7. The molecule has 1 fully saturated rings. The van der Waals surface area contributed by atoms with Gasteiger partial charge in [-0.2, -0.15) is 0 Å². The fourth-order valence-electron chi connectivity index (χ4n) is 2.81. The van der Waals surface area contributed by atoms with E-state index >= 15 is 0 Å². The number of rotatable bonds is 7. The largest absolute Gasteiger partial charge is 0.352 e. The summed E-state index contributed by atoms with van der Waals surface area (Å²) in [4.78, 5) is 14.3. The van der Waals surface area contributed by atoms with Gasteiger partial charge in [0.2, 0.25) is 10.0 Å². The minimum atomic E-state index is -3.14. The van der Waals surface area contributed by atoms with Crippen molar-refractivity contribution in [2.45, 2.75) is 12.8 Å². The minimum absolute atomic E-state index is 0.109. The van der Waals surface area contributed by atoms with Crippen LogP contribution in [-0.4, -0.2) is 69.6 Å². The van der Waals surface area contributed by atoms with Gasteiger partial charge in [-0.25, -0.2) is 12.7 Å². The maximum Gasteiger partial charge on any atom is 0.251 e. The molecule has 0 atom stereocenters. The van der Waals surface area contributed by atoms with Crippen LogP contribution in [0.5, 0.6) is 0 Å². The average Bonchev–Trinajstić information content (AvgIpc) is 2.58. The van der Waals surface area contributed by atoms with Gasteiger partial charge in [0.1, 0.15) is 0 Å². The third-order valence-electron chi connectivity index (χ3n) is 4.57. The molecule has 0 aromatic heterocycles. The predicted molar refractivity (Wildman–Crippen MR) is 100 cm³/mol. The monoisotopic (exact) mass is 387 g/mol. The first-order valence-corrected chi connectivity index (χ1v) is 10.4. The lowest BCUT2D eigenvalue weighted by molar-refractivity contribution is 0.0937. The quantitative estimate of drug-likeness (QED) is 0.772. The number of nitrogens with one attached hydrogen (secondary N) is 1. The molecular formula is C17H26ClN3O3S. The molecule has 0 radical (unpaired) electrons. The van der Waals surface area contributed by atoms with Crippen LogP contribution < -0.4 is 5.32 Å². The number of carbonyl (C=O) groups is 1. The Hall–Kier alpha value is -1.15. The summed E-state index contributed by atoms with van der Waals surface area (Å²) in [6.07, 6.45) is 1.91. The molecule has 140 valence electrons. The molecule has 1 amide bonds. The number of piperidine rings is 1. The molecule has 1 saturated heterocycles. The summed E-state index contributed by atoms with van der Waals surface area (Å²) in [7, 11) is -0.0235. The number of sulfonamides is 1. The SMILES string of the molecule is CN(C)S(=O)(=O)CCN1CCC(CNC(=O)c2cccc(Cl)c2)CC1. The van der Waals surface area contributed by atoms with Crippen molar-refractivity contribution in [3.05, 3.63) is 34.9 Å². The summed E-state index contributed by atoms with van der Waals surface area (Å²) in [6, 6.07) is 6.90. The maximum absolute atomic E-state index is 12.1. The molecule has 0 saturated carbocycles. The molecule has 2 rings (SSSR count). The van der Waals surface area contributed by atoms with E-state index in [2.05, 4.69) is 10.2 Å². The Balaban J connectivity index is 1.71. The van der Waals surface area contributed by atoms with E-state index in [0.29, 0.717) is 29.6 Å². The topological polar surface area (TPSA) is 69.7 Å². The van der Waals surface area contributed by atoms with Gasteiger partial charge in [-0.05, 0) is 50.0 Å². The number of nitrogens with zero attached hydrogens (tertiary/aromatic N) is 2. The van der Waals surface area contributed by atoms with Crippen molar-refractivity contribution in [3.8, 4) is 0 Å². The molecule has 0 aliphatic carbocycles. The average molecular weight is 388 g/mol. The summed E-state index contributed by atoms with van der Waals surface area (Å²) in [6.45, 7) is 2.92. The van der Waals surface area contributed by atoms with Crippen molar-refractivity contribution in [2.24, 2.45) is 5.92 Å². The van der Waals surface area contributed by atoms with E-state index in [9.17, 15) is 13.2 Å². The fraction of sp³-hybridized carbons (Fsp3) is 0.588. The number of halogens is 1. The van der Waals surface area contributed by atoms with Gasteiger partial charge in [0.25, 0.3) is 5.91 Å². The lowest BCUT2D eigenvalue weighted by atomic mass is 9.97. The zero-order valence-corrected chi connectivity index (χ0v) is 16.3. The summed E-state index contributed by atoms with van der Waals surface area (Å²) in [5, 5.41) is 3.51. The van der Waals surface area contributed by atoms with Gasteiger partial charge in [0.05, 0.1) is 5.75 Å². The molecule has 8 heteroatoms. The second-order valence-electron chi connectivity index (χ2n) is 6.60. The number of carbonyl (C=O) groups excluding carboxylic acids is 1. The summed E-state index contributed by atoms with van der Waals surface area (Å²) in [5.41, 5.74) is 0.568. The Morgan fingerprint density at radius 2 is 2.00 bits per heavy atom. The van der Waals surface area contributed by atoms with Crippen LogP contribution in [-0.2, 0) is 10.0 Å². The van der Waals surface area contributed by atoms with Crippen molar-refractivity contribution in [2.75, 3.05) is 46.0 Å². The van der Waals surface area contributed by atoms with E-state index in [-0.39, 0.29) is 11.7 Å². The van der Waals surface area contributed by atoms with Gasteiger partial charge >= 0.3 is 0 Å². The maximum atomic E-state index is 12.1. The lowest BCUT2D eigenvalue weighted by Gasteiger charge is -2.32. The molecular weight excluding hydrogens is 362 g/mol. The summed E-state index contributed by atoms with van der Waals surface area (Å²) < 4.78 is 24.9. The van der Waals surface area contributed by atoms with Crippen molar-refractivity contribution in [3.63, 3.8) is 0 Å². The third-order valence-corrected chi connectivity index (χ3v) is 6.61. The number of likely N-dealkylation sites (tertiary alicyclic amines) is 1. The summed E-state index contributed by atoms with van der Waals surface area (Å²) in [5.74, 6) is 0.461. The van der Waals surface area contributed by atoms with Crippen LogP contribution in [0.3, 0.4) is 0 Å². The molecule has 1 N–H and O–H groups in total. The number of hydrogen-bond acceptors (Lipinski definition) is 4. The fourth-order valence-corrected chi connectivity index (χ4v) is 3.85. The third kappa shape index (κ3) is 6.26. The normalized spacial score (nSPS) is 17.0. The van der Waals surface area contributed by atoms with E-state index in [4.69, 9.17) is 11.6 Å². The molecule has 6 nitrogen and oxygen atoms in total.